The van der Waals surface area contributed by atoms with Gasteiger partial charge in [-0.15, -0.1) is 0 Å². The van der Waals surface area contributed by atoms with Gasteiger partial charge < -0.3 is 10.1 Å². The molecule has 0 aliphatic heterocycles. The molecule has 0 radical (unpaired) electrons. The normalized spacial score (nSPS) is 22.4. The number of ether oxygens (including phenoxy) is 1. The molecular formula is C21H25FN2O3. The molecule has 0 bridgehead atoms. The average Bonchev–Trinajstić information content (AvgIpc) is 2.63. The highest BCUT2D eigenvalue weighted by Gasteiger charge is 2.28. The molecular weight excluding hydrogens is 347 g/mol. The van der Waals surface area contributed by atoms with E-state index in [0.717, 1.165) is 12.8 Å². The lowest BCUT2D eigenvalue weighted by atomic mass is 9.78. The Morgan fingerprint density at radius 2 is 2.04 bits per heavy atom. The summed E-state index contributed by atoms with van der Waals surface area (Å²) in [5, 5.41) is 3.62. The molecule has 2 aromatic rings. The van der Waals surface area contributed by atoms with Crippen molar-refractivity contribution in [2.45, 2.75) is 46.1 Å². The van der Waals surface area contributed by atoms with Crippen molar-refractivity contribution in [3.8, 4) is 0 Å². The van der Waals surface area contributed by atoms with Crippen LogP contribution >= 0.6 is 0 Å². The molecule has 1 saturated carbocycles. The van der Waals surface area contributed by atoms with Crippen LogP contribution in [0.25, 0.3) is 10.9 Å². The Balaban J connectivity index is 1.62. The van der Waals surface area contributed by atoms with Crippen molar-refractivity contribution in [2.24, 2.45) is 11.8 Å². The molecule has 5 nitrogen and oxygen atoms in total. The Labute approximate surface area is 158 Å². The molecule has 1 N–H and O–H groups in total. The summed E-state index contributed by atoms with van der Waals surface area (Å²) in [5.74, 6) is -0.296. The second-order valence-electron chi connectivity index (χ2n) is 7.48. The van der Waals surface area contributed by atoms with E-state index in [1.54, 1.807) is 19.1 Å². The van der Waals surface area contributed by atoms with Gasteiger partial charge in [0.25, 0.3) is 5.91 Å². The first kappa shape index (κ1) is 19.3. The van der Waals surface area contributed by atoms with Crippen LogP contribution in [0.5, 0.6) is 0 Å². The SMILES string of the molecule is Cc1nc2cc(F)ccc2cc1C(=O)OCC(=O)N[C@@H]1CCC[C@H](C)[C@@H]1C. The molecule has 1 amide bonds. The van der Waals surface area contributed by atoms with Crippen LogP contribution in [0.15, 0.2) is 24.3 Å². The van der Waals surface area contributed by atoms with E-state index >= 15 is 0 Å². The quantitative estimate of drug-likeness (QED) is 0.830. The zero-order valence-electron chi connectivity index (χ0n) is 15.9. The minimum Gasteiger partial charge on any atom is -0.452 e. The van der Waals surface area contributed by atoms with Crippen LogP contribution in [0.1, 0.15) is 49.2 Å². The second kappa shape index (κ2) is 8.03. The van der Waals surface area contributed by atoms with Crippen molar-refractivity contribution < 1.29 is 18.7 Å². The molecule has 144 valence electrons. The van der Waals surface area contributed by atoms with E-state index in [-0.39, 0.29) is 29.9 Å². The summed E-state index contributed by atoms with van der Waals surface area (Å²) < 4.78 is 18.5. The number of hydrogen-bond acceptors (Lipinski definition) is 4. The Morgan fingerprint density at radius 3 is 2.81 bits per heavy atom. The fourth-order valence-corrected chi connectivity index (χ4v) is 3.69. The van der Waals surface area contributed by atoms with Gasteiger partial charge in [0, 0.05) is 17.5 Å². The third-order valence-corrected chi connectivity index (χ3v) is 5.58. The molecule has 6 heteroatoms. The minimum absolute atomic E-state index is 0.124. The molecule has 0 unspecified atom stereocenters. The Bertz CT molecular complexity index is 868. The zero-order chi connectivity index (χ0) is 19.6. The number of hydrogen-bond donors (Lipinski definition) is 1. The first-order chi connectivity index (χ1) is 12.8. The maximum atomic E-state index is 13.3. The molecule has 1 aromatic carbocycles. The Hall–Kier alpha value is -2.50. The summed E-state index contributed by atoms with van der Waals surface area (Å²) in [7, 11) is 0. The van der Waals surface area contributed by atoms with Crippen LogP contribution in [0.3, 0.4) is 0 Å². The zero-order valence-corrected chi connectivity index (χ0v) is 15.9. The first-order valence-electron chi connectivity index (χ1n) is 9.38. The number of aryl methyl sites for hydroxylation is 1. The molecule has 0 spiro atoms. The largest absolute Gasteiger partial charge is 0.452 e. The van der Waals surface area contributed by atoms with Crippen molar-refractivity contribution in [1.29, 1.82) is 0 Å². The van der Waals surface area contributed by atoms with Crippen LogP contribution in [0, 0.1) is 24.6 Å². The number of carbonyl (C=O) groups is 2. The number of esters is 1. The van der Waals surface area contributed by atoms with Crippen molar-refractivity contribution in [3.05, 3.63) is 41.3 Å². The highest BCUT2D eigenvalue weighted by Crippen LogP contribution is 2.29. The number of rotatable bonds is 4. The van der Waals surface area contributed by atoms with Gasteiger partial charge in [0.15, 0.2) is 6.61 Å². The van der Waals surface area contributed by atoms with Gasteiger partial charge in [-0.2, -0.15) is 0 Å². The lowest BCUT2D eigenvalue weighted by molar-refractivity contribution is -0.125. The third kappa shape index (κ3) is 4.43. The number of amides is 1. The predicted molar refractivity (Wildman–Crippen MR) is 101 cm³/mol. The number of pyridine rings is 1. The summed E-state index contributed by atoms with van der Waals surface area (Å²) in [6, 6.07) is 5.93. The fraction of sp³-hybridized carbons (Fsp3) is 0.476. The van der Waals surface area contributed by atoms with Crippen LogP contribution in [-0.2, 0) is 9.53 Å². The molecule has 1 aliphatic rings. The van der Waals surface area contributed by atoms with Gasteiger partial charge >= 0.3 is 5.97 Å². The topological polar surface area (TPSA) is 68.3 Å². The van der Waals surface area contributed by atoms with Crippen LogP contribution < -0.4 is 5.32 Å². The van der Waals surface area contributed by atoms with Gasteiger partial charge in [0.05, 0.1) is 16.8 Å². The van der Waals surface area contributed by atoms with Gasteiger partial charge in [-0.25, -0.2) is 9.18 Å². The van der Waals surface area contributed by atoms with E-state index in [4.69, 9.17) is 4.74 Å². The molecule has 3 rings (SSSR count). The van der Waals surface area contributed by atoms with Crippen molar-refractivity contribution in [3.63, 3.8) is 0 Å². The number of nitrogens with one attached hydrogen (secondary N) is 1. The lowest BCUT2D eigenvalue weighted by Gasteiger charge is -2.34. The van der Waals surface area contributed by atoms with Crippen molar-refractivity contribution >= 4 is 22.8 Å². The van der Waals surface area contributed by atoms with E-state index in [1.165, 1.54) is 18.6 Å². The number of carbonyl (C=O) groups excluding carboxylic acids is 2. The fourth-order valence-electron chi connectivity index (χ4n) is 3.69. The second-order valence-corrected chi connectivity index (χ2v) is 7.48. The lowest BCUT2D eigenvalue weighted by Crippen LogP contribution is -2.45. The highest BCUT2D eigenvalue weighted by molar-refractivity contribution is 5.96. The monoisotopic (exact) mass is 372 g/mol. The van der Waals surface area contributed by atoms with E-state index in [0.29, 0.717) is 28.4 Å². The summed E-state index contributed by atoms with van der Waals surface area (Å²) >= 11 is 0. The molecule has 1 aliphatic carbocycles. The molecule has 1 heterocycles. The van der Waals surface area contributed by atoms with E-state index in [9.17, 15) is 14.0 Å². The van der Waals surface area contributed by atoms with Crippen molar-refractivity contribution in [1.82, 2.24) is 10.3 Å². The molecule has 1 aromatic heterocycles. The van der Waals surface area contributed by atoms with Crippen LogP contribution in [0.2, 0.25) is 0 Å². The minimum atomic E-state index is -0.605. The summed E-state index contributed by atoms with van der Waals surface area (Å²) in [4.78, 5) is 28.8. The maximum Gasteiger partial charge on any atom is 0.340 e. The summed E-state index contributed by atoms with van der Waals surface area (Å²) in [6.07, 6.45) is 3.23. The van der Waals surface area contributed by atoms with Gasteiger partial charge in [-0.05, 0) is 43.4 Å². The Kier molecular flexibility index (Phi) is 5.73. The molecule has 3 atom stereocenters. The standard InChI is InChI=1S/C21H25FN2O3/c1-12-5-4-6-18(13(12)2)24-20(25)11-27-21(26)17-9-15-7-8-16(22)10-19(15)23-14(17)3/h7-10,12-13,18H,4-6,11H2,1-3H3,(H,24,25)/t12-,13-,18+/m0/s1. The third-order valence-electron chi connectivity index (χ3n) is 5.58. The number of halogens is 1. The maximum absolute atomic E-state index is 13.3. The Morgan fingerprint density at radius 1 is 1.26 bits per heavy atom. The van der Waals surface area contributed by atoms with Gasteiger partial charge in [0.1, 0.15) is 5.82 Å². The first-order valence-corrected chi connectivity index (χ1v) is 9.38. The van der Waals surface area contributed by atoms with Gasteiger partial charge in [0.2, 0.25) is 0 Å². The number of fused-ring (bicyclic) bond motifs is 1. The predicted octanol–water partition coefficient (Wildman–Crippen LogP) is 3.78. The average molecular weight is 372 g/mol. The smallest absolute Gasteiger partial charge is 0.340 e. The van der Waals surface area contributed by atoms with Crippen LogP contribution in [0.4, 0.5) is 4.39 Å². The van der Waals surface area contributed by atoms with E-state index in [2.05, 4.69) is 24.1 Å². The number of nitrogens with zero attached hydrogens (tertiary/aromatic N) is 1. The van der Waals surface area contributed by atoms with E-state index in [1.807, 2.05) is 0 Å². The van der Waals surface area contributed by atoms with Crippen molar-refractivity contribution in [2.75, 3.05) is 6.61 Å². The molecule has 1 fully saturated rings. The molecule has 27 heavy (non-hydrogen) atoms. The highest BCUT2D eigenvalue weighted by atomic mass is 19.1. The van der Waals surface area contributed by atoms with Crippen LogP contribution in [-0.4, -0.2) is 29.5 Å². The summed E-state index contributed by atoms with van der Waals surface area (Å²) in [5.41, 5.74) is 1.19. The summed E-state index contributed by atoms with van der Waals surface area (Å²) in [6.45, 7) is 5.68. The van der Waals surface area contributed by atoms with Gasteiger partial charge in [-0.1, -0.05) is 26.7 Å². The van der Waals surface area contributed by atoms with E-state index < -0.39 is 5.97 Å². The number of aromatic nitrogens is 1. The molecule has 0 saturated heterocycles. The number of benzene rings is 1. The van der Waals surface area contributed by atoms with Gasteiger partial charge in [-0.3, -0.25) is 9.78 Å².